The van der Waals surface area contributed by atoms with Crippen LogP contribution in [0.3, 0.4) is 0 Å². The third-order valence-electron chi connectivity index (χ3n) is 3.22. The van der Waals surface area contributed by atoms with Crippen LogP contribution in [-0.4, -0.2) is 35.7 Å². The highest BCUT2D eigenvalue weighted by Gasteiger charge is 2.33. The monoisotopic (exact) mass is 169 g/mol. The summed E-state index contributed by atoms with van der Waals surface area (Å²) >= 11 is 0. The molecule has 70 valence electrons. The Bertz CT molecular complexity index is 156. The summed E-state index contributed by atoms with van der Waals surface area (Å²) in [5.41, 5.74) is 0. The third kappa shape index (κ3) is 1.80. The normalized spacial score (nSPS) is 37.5. The fraction of sp³-hybridized carbons (Fsp3) is 1.00. The van der Waals surface area contributed by atoms with E-state index in [1.165, 1.54) is 19.4 Å². The van der Waals surface area contributed by atoms with Gasteiger partial charge in [-0.15, -0.1) is 0 Å². The zero-order chi connectivity index (χ0) is 8.55. The van der Waals surface area contributed by atoms with Crippen molar-refractivity contribution in [2.75, 3.05) is 19.6 Å². The molecular weight excluding hydrogens is 150 g/mol. The summed E-state index contributed by atoms with van der Waals surface area (Å²) in [5.74, 6) is 1.51. The number of rotatable bonds is 3. The molecule has 0 aromatic carbocycles. The lowest BCUT2D eigenvalue weighted by Crippen LogP contribution is -2.24. The molecule has 0 aromatic heterocycles. The summed E-state index contributed by atoms with van der Waals surface area (Å²) < 4.78 is 0. The zero-order valence-electron chi connectivity index (χ0n) is 7.87. The van der Waals surface area contributed by atoms with Crippen molar-refractivity contribution in [3.63, 3.8) is 0 Å². The van der Waals surface area contributed by atoms with E-state index in [-0.39, 0.29) is 6.10 Å². The van der Waals surface area contributed by atoms with E-state index in [1.54, 1.807) is 0 Å². The fourth-order valence-corrected chi connectivity index (χ4v) is 2.16. The van der Waals surface area contributed by atoms with Gasteiger partial charge in [-0.1, -0.05) is 6.92 Å². The molecule has 1 saturated heterocycles. The molecule has 1 aliphatic carbocycles. The number of likely N-dealkylation sites (tertiary alicyclic amines) is 1. The van der Waals surface area contributed by atoms with Crippen molar-refractivity contribution in [3.05, 3.63) is 0 Å². The van der Waals surface area contributed by atoms with E-state index in [2.05, 4.69) is 11.8 Å². The SMILES string of the molecule is CCC1CN(CC2CC2)CC1O. The molecule has 2 fully saturated rings. The number of hydrogen-bond donors (Lipinski definition) is 1. The molecule has 2 unspecified atom stereocenters. The lowest BCUT2D eigenvalue weighted by Gasteiger charge is -2.13. The van der Waals surface area contributed by atoms with E-state index < -0.39 is 0 Å². The molecule has 0 spiro atoms. The van der Waals surface area contributed by atoms with Crippen LogP contribution in [0.15, 0.2) is 0 Å². The first-order valence-corrected chi connectivity index (χ1v) is 5.20. The maximum absolute atomic E-state index is 9.65. The number of hydrogen-bond acceptors (Lipinski definition) is 2. The van der Waals surface area contributed by atoms with Crippen molar-refractivity contribution in [2.24, 2.45) is 11.8 Å². The third-order valence-corrected chi connectivity index (χ3v) is 3.22. The summed E-state index contributed by atoms with van der Waals surface area (Å²) in [4.78, 5) is 2.44. The van der Waals surface area contributed by atoms with Crippen LogP contribution in [-0.2, 0) is 0 Å². The van der Waals surface area contributed by atoms with Crippen LogP contribution in [0.4, 0.5) is 0 Å². The van der Waals surface area contributed by atoms with Gasteiger partial charge < -0.3 is 10.0 Å². The molecule has 12 heavy (non-hydrogen) atoms. The Morgan fingerprint density at radius 3 is 2.58 bits per heavy atom. The summed E-state index contributed by atoms with van der Waals surface area (Å²) in [6, 6.07) is 0. The van der Waals surface area contributed by atoms with Crippen molar-refractivity contribution >= 4 is 0 Å². The van der Waals surface area contributed by atoms with Crippen molar-refractivity contribution in [2.45, 2.75) is 32.3 Å². The fourth-order valence-electron chi connectivity index (χ4n) is 2.16. The van der Waals surface area contributed by atoms with Gasteiger partial charge in [0.2, 0.25) is 0 Å². The van der Waals surface area contributed by atoms with Gasteiger partial charge in [0.15, 0.2) is 0 Å². The van der Waals surface area contributed by atoms with Gasteiger partial charge in [-0.3, -0.25) is 0 Å². The van der Waals surface area contributed by atoms with E-state index in [9.17, 15) is 5.11 Å². The number of aliphatic hydroxyl groups excluding tert-OH is 1. The Morgan fingerprint density at radius 2 is 2.08 bits per heavy atom. The summed E-state index contributed by atoms with van der Waals surface area (Å²) in [6.45, 7) is 5.48. The molecule has 2 nitrogen and oxygen atoms in total. The van der Waals surface area contributed by atoms with Crippen molar-refractivity contribution < 1.29 is 5.11 Å². The first-order valence-electron chi connectivity index (χ1n) is 5.20. The highest BCUT2D eigenvalue weighted by atomic mass is 16.3. The largest absolute Gasteiger partial charge is 0.391 e. The Balaban J connectivity index is 1.78. The average molecular weight is 169 g/mol. The standard InChI is InChI=1S/C10H19NO/c1-2-9-6-11(7-10(9)12)5-8-3-4-8/h8-10,12H,2-7H2,1H3. The highest BCUT2D eigenvalue weighted by Crippen LogP contribution is 2.31. The van der Waals surface area contributed by atoms with E-state index in [0.29, 0.717) is 5.92 Å². The number of aliphatic hydroxyl groups is 1. The van der Waals surface area contributed by atoms with E-state index in [4.69, 9.17) is 0 Å². The second-order valence-corrected chi connectivity index (χ2v) is 4.40. The first kappa shape index (κ1) is 8.52. The van der Waals surface area contributed by atoms with E-state index >= 15 is 0 Å². The van der Waals surface area contributed by atoms with Gasteiger partial charge in [0.05, 0.1) is 6.10 Å². The highest BCUT2D eigenvalue weighted by molar-refractivity contribution is 4.86. The van der Waals surface area contributed by atoms with Crippen LogP contribution in [0.1, 0.15) is 26.2 Å². The molecule has 0 radical (unpaired) electrons. The van der Waals surface area contributed by atoms with Crippen molar-refractivity contribution in [1.82, 2.24) is 4.90 Å². The van der Waals surface area contributed by atoms with Crippen LogP contribution in [0.25, 0.3) is 0 Å². The zero-order valence-corrected chi connectivity index (χ0v) is 7.87. The van der Waals surface area contributed by atoms with Crippen LogP contribution in [0, 0.1) is 11.8 Å². The molecule has 2 heteroatoms. The molecular formula is C10H19NO. The summed E-state index contributed by atoms with van der Waals surface area (Å²) in [6.07, 6.45) is 3.92. The minimum Gasteiger partial charge on any atom is -0.391 e. The van der Waals surface area contributed by atoms with Crippen LogP contribution >= 0.6 is 0 Å². The van der Waals surface area contributed by atoms with Gasteiger partial charge in [-0.05, 0) is 31.1 Å². The maximum Gasteiger partial charge on any atom is 0.0707 e. The minimum absolute atomic E-state index is 0.0475. The van der Waals surface area contributed by atoms with Gasteiger partial charge in [0.25, 0.3) is 0 Å². The Kier molecular flexibility index (Phi) is 2.37. The van der Waals surface area contributed by atoms with Crippen LogP contribution < -0.4 is 0 Å². The van der Waals surface area contributed by atoms with Gasteiger partial charge in [0.1, 0.15) is 0 Å². The molecule has 1 N–H and O–H groups in total. The van der Waals surface area contributed by atoms with Gasteiger partial charge in [-0.25, -0.2) is 0 Å². The predicted molar refractivity (Wildman–Crippen MR) is 49.0 cm³/mol. The van der Waals surface area contributed by atoms with Crippen molar-refractivity contribution in [3.8, 4) is 0 Å². The Labute approximate surface area is 74.6 Å². The average Bonchev–Trinajstić information content (AvgIpc) is 2.76. The Hall–Kier alpha value is -0.0800. The predicted octanol–water partition coefficient (Wildman–Crippen LogP) is 1.10. The topological polar surface area (TPSA) is 23.5 Å². The lowest BCUT2D eigenvalue weighted by atomic mass is 10.0. The molecule has 0 bridgehead atoms. The summed E-state index contributed by atoms with van der Waals surface area (Å²) in [7, 11) is 0. The first-order chi connectivity index (χ1) is 5.79. The summed E-state index contributed by atoms with van der Waals surface area (Å²) in [5, 5.41) is 9.65. The molecule has 2 rings (SSSR count). The Morgan fingerprint density at radius 1 is 1.33 bits per heavy atom. The molecule has 1 aliphatic heterocycles. The van der Waals surface area contributed by atoms with Crippen molar-refractivity contribution in [1.29, 1.82) is 0 Å². The quantitative estimate of drug-likeness (QED) is 0.684. The van der Waals surface area contributed by atoms with Crippen LogP contribution in [0.2, 0.25) is 0 Å². The van der Waals surface area contributed by atoms with Crippen LogP contribution in [0.5, 0.6) is 0 Å². The van der Waals surface area contributed by atoms with E-state index in [1.807, 2.05) is 0 Å². The second kappa shape index (κ2) is 3.35. The van der Waals surface area contributed by atoms with Gasteiger partial charge >= 0.3 is 0 Å². The smallest absolute Gasteiger partial charge is 0.0707 e. The van der Waals surface area contributed by atoms with Gasteiger partial charge in [-0.2, -0.15) is 0 Å². The number of β-amino-alcohol motifs (C(OH)–C–C–N with tert-alkyl or cyclic N) is 1. The lowest BCUT2D eigenvalue weighted by molar-refractivity contribution is 0.139. The molecule has 1 saturated carbocycles. The van der Waals surface area contributed by atoms with Gasteiger partial charge in [0, 0.05) is 19.6 Å². The van der Waals surface area contributed by atoms with E-state index in [0.717, 1.165) is 25.4 Å². The molecule has 0 amide bonds. The molecule has 1 heterocycles. The number of nitrogens with zero attached hydrogens (tertiary/aromatic N) is 1. The molecule has 0 aromatic rings. The molecule has 2 aliphatic rings. The second-order valence-electron chi connectivity index (χ2n) is 4.40. The minimum atomic E-state index is -0.0475. The maximum atomic E-state index is 9.65. The molecule has 2 atom stereocenters.